The summed E-state index contributed by atoms with van der Waals surface area (Å²) in [4.78, 5) is 3.54. The molecule has 4 nitrogen and oxygen atoms in total. The van der Waals surface area contributed by atoms with Crippen molar-refractivity contribution in [3.8, 4) is 11.1 Å². The maximum absolute atomic E-state index is 7.27. The van der Waals surface area contributed by atoms with Crippen LogP contribution in [-0.2, 0) is 9.31 Å². The van der Waals surface area contributed by atoms with Crippen LogP contribution in [0.15, 0.2) is 65.1 Å². The third-order valence-electron chi connectivity index (χ3n) is 6.35. The van der Waals surface area contributed by atoms with Crippen LogP contribution in [0.25, 0.3) is 37.9 Å². The molecular formula is C25H22BNO3. The Balaban J connectivity index is 1.50. The van der Waals surface area contributed by atoms with Gasteiger partial charge in [-0.25, -0.2) is 4.85 Å². The van der Waals surface area contributed by atoms with Gasteiger partial charge in [0.25, 0.3) is 0 Å². The fourth-order valence-electron chi connectivity index (χ4n) is 3.83. The van der Waals surface area contributed by atoms with Gasteiger partial charge in [-0.1, -0.05) is 36.4 Å². The number of hydrogen-bond donors (Lipinski definition) is 0. The van der Waals surface area contributed by atoms with Crippen LogP contribution >= 0.6 is 0 Å². The van der Waals surface area contributed by atoms with E-state index in [9.17, 15) is 0 Å². The molecule has 0 unspecified atom stereocenters. The maximum atomic E-state index is 7.27. The molecule has 1 aliphatic heterocycles. The van der Waals surface area contributed by atoms with Crippen molar-refractivity contribution in [2.45, 2.75) is 38.9 Å². The summed E-state index contributed by atoms with van der Waals surface area (Å²) in [6, 6.07) is 20.0. The first-order chi connectivity index (χ1) is 14.3. The zero-order chi connectivity index (χ0) is 21.1. The number of furan rings is 1. The van der Waals surface area contributed by atoms with Crippen molar-refractivity contribution >= 4 is 40.2 Å². The molecule has 1 aliphatic rings. The summed E-state index contributed by atoms with van der Waals surface area (Å²) in [6.45, 7) is 15.5. The Labute approximate surface area is 176 Å². The molecule has 0 atom stereocenters. The Hall–Kier alpha value is -3.07. The van der Waals surface area contributed by atoms with E-state index in [1.54, 1.807) is 6.07 Å². The van der Waals surface area contributed by atoms with Crippen LogP contribution in [0.1, 0.15) is 27.7 Å². The minimum atomic E-state index is -0.364. The number of benzene rings is 3. The van der Waals surface area contributed by atoms with Gasteiger partial charge in [0.2, 0.25) is 0 Å². The van der Waals surface area contributed by atoms with Crippen LogP contribution < -0.4 is 5.46 Å². The monoisotopic (exact) mass is 395 g/mol. The normalized spacial score (nSPS) is 17.5. The van der Waals surface area contributed by atoms with E-state index >= 15 is 0 Å². The van der Waals surface area contributed by atoms with Gasteiger partial charge >= 0.3 is 7.12 Å². The fraction of sp³-hybridized carbons (Fsp3) is 0.240. The molecular weight excluding hydrogens is 373 g/mol. The minimum Gasteiger partial charge on any atom is -0.456 e. The van der Waals surface area contributed by atoms with Crippen LogP contribution in [0.5, 0.6) is 0 Å². The minimum absolute atomic E-state index is 0.353. The van der Waals surface area contributed by atoms with Crippen molar-refractivity contribution in [1.29, 1.82) is 0 Å². The highest BCUT2D eigenvalue weighted by atomic mass is 16.7. The van der Waals surface area contributed by atoms with Crippen molar-refractivity contribution in [1.82, 2.24) is 0 Å². The van der Waals surface area contributed by atoms with E-state index in [2.05, 4.69) is 68.9 Å². The fourth-order valence-corrected chi connectivity index (χ4v) is 3.83. The molecule has 0 radical (unpaired) electrons. The molecule has 0 spiro atoms. The SMILES string of the molecule is [C-]#[N+]c1ccc2oc3ccc(-c4ccc(B5OC(C)(C)C(C)(C)O5)cc4)cc3c2c1. The maximum Gasteiger partial charge on any atom is 0.494 e. The van der Waals surface area contributed by atoms with Crippen molar-refractivity contribution in [2.24, 2.45) is 0 Å². The summed E-state index contributed by atoms with van der Waals surface area (Å²) in [7, 11) is -0.364. The molecule has 148 valence electrons. The number of hydrogen-bond acceptors (Lipinski definition) is 3. The predicted molar refractivity (Wildman–Crippen MR) is 121 cm³/mol. The highest BCUT2D eigenvalue weighted by molar-refractivity contribution is 6.62. The largest absolute Gasteiger partial charge is 0.494 e. The second-order valence-electron chi connectivity index (χ2n) is 8.82. The quantitative estimate of drug-likeness (QED) is 0.304. The zero-order valence-corrected chi connectivity index (χ0v) is 17.5. The molecule has 5 rings (SSSR count). The Morgan fingerprint density at radius 2 is 1.30 bits per heavy atom. The second kappa shape index (κ2) is 6.47. The Bertz CT molecular complexity index is 1300. The molecule has 1 aromatic heterocycles. The Morgan fingerprint density at radius 1 is 0.733 bits per heavy atom. The van der Waals surface area contributed by atoms with Gasteiger partial charge in [-0.15, -0.1) is 0 Å². The van der Waals surface area contributed by atoms with Gasteiger partial charge in [0.05, 0.1) is 17.8 Å². The van der Waals surface area contributed by atoms with Crippen LogP contribution in [0.3, 0.4) is 0 Å². The van der Waals surface area contributed by atoms with Crippen LogP contribution in [0, 0.1) is 6.57 Å². The molecule has 0 saturated carbocycles. The summed E-state index contributed by atoms with van der Waals surface area (Å²) < 4.78 is 18.2. The van der Waals surface area contributed by atoms with Crippen LogP contribution in [0.2, 0.25) is 0 Å². The van der Waals surface area contributed by atoms with Crippen molar-refractivity contribution < 1.29 is 13.7 Å². The number of rotatable bonds is 2. The first kappa shape index (κ1) is 18.9. The highest BCUT2D eigenvalue weighted by Gasteiger charge is 2.51. The second-order valence-corrected chi connectivity index (χ2v) is 8.82. The summed E-state index contributed by atoms with van der Waals surface area (Å²) in [5.74, 6) is 0. The topological polar surface area (TPSA) is 36.0 Å². The lowest BCUT2D eigenvalue weighted by Crippen LogP contribution is -2.41. The van der Waals surface area contributed by atoms with Gasteiger partial charge < -0.3 is 13.7 Å². The highest BCUT2D eigenvalue weighted by Crippen LogP contribution is 2.37. The van der Waals surface area contributed by atoms with E-state index in [0.29, 0.717) is 5.69 Å². The van der Waals surface area contributed by atoms with E-state index in [-0.39, 0.29) is 18.3 Å². The number of fused-ring (bicyclic) bond motifs is 3. The van der Waals surface area contributed by atoms with E-state index in [0.717, 1.165) is 38.5 Å². The molecule has 0 aliphatic carbocycles. The lowest BCUT2D eigenvalue weighted by Gasteiger charge is -2.32. The average molecular weight is 395 g/mol. The summed E-state index contributed by atoms with van der Waals surface area (Å²) >= 11 is 0. The lowest BCUT2D eigenvalue weighted by atomic mass is 9.78. The van der Waals surface area contributed by atoms with Crippen LogP contribution in [0.4, 0.5) is 5.69 Å². The van der Waals surface area contributed by atoms with Crippen molar-refractivity contribution in [2.75, 3.05) is 0 Å². The molecule has 1 saturated heterocycles. The molecule has 5 heteroatoms. The van der Waals surface area contributed by atoms with Gasteiger partial charge in [-0.2, -0.15) is 0 Å². The van der Waals surface area contributed by atoms with Crippen molar-refractivity contribution in [3.63, 3.8) is 0 Å². The molecule has 30 heavy (non-hydrogen) atoms. The standard InChI is InChI=1S/C25H22BNO3/c1-24(2)25(3,4)30-26(29-24)18-9-6-16(7-10-18)17-8-12-22-20(14-17)21-15-19(27-5)11-13-23(21)28-22/h6-15H,1-4H3. The molecule has 0 amide bonds. The van der Waals surface area contributed by atoms with E-state index in [1.165, 1.54) is 0 Å². The first-order valence-electron chi connectivity index (χ1n) is 10.1. The Kier molecular flexibility index (Phi) is 4.08. The molecule has 1 fully saturated rings. The first-order valence-corrected chi connectivity index (χ1v) is 10.1. The molecule has 0 bridgehead atoms. The third kappa shape index (κ3) is 2.92. The molecule has 2 heterocycles. The van der Waals surface area contributed by atoms with Gasteiger partial charge in [0.15, 0.2) is 5.69 Å². The van der Waals surface area contributed by atoms with Gasteiger partial charge in [-0.3, -0.25) is 0 Å². The predicted octanol–water partition coefficient (Wildman–Crippen LogP) is 6.10. The van der Waals surface area contributed by atoms with Gasteiger partial charge in [0, 0.05) is 10.8 Å². The van der Waals surface area contributed by atoms with Gasteiger partial charge in [-0.05, 0) is 68.6 Å². The van der Waals surface area contributed by atoms with Crippen LogP contribution in [-0.4, -0.2) is 18.3 Å². The van der Waals surface area contributed by atoms with E-state index in [1.807, 2.05) is 18.2 Å². The molecule has 3 aromatic carbocycles. The van der Waals surface area contributed by atoms with E-state index < -0.39 is 0 Å². The zero-order valence-electron chi connectivity index (χ0n) is 17.5. The van der Waals surface area contributed by atoms with Gasteiger partial charge in [0.1, 0.15) is 11.2 Å². The van der Waals surface area contributed by atoms with Crippen molar-refractivity contribution in [3.05, 3.63) is 72.1 Å². The summed E-state index contributed by atoms with van der Waals surface area (Å²) in [5.41, 5.74) is 4.74. The molecule has 0 N–H and O–H groups in total. The third-order valence-corrected chi connectivity index (χ3v) is 6.35. The average Bonchev–Trinajstić information content (AvgIpc) is 3.20. The Morgan fingerprint density at radius 3 is 1.93 bits per heavy atom. The molecule has 4 aromatic rings. The smallest absolute Gasteiger partial charge is 0.456 e. The summed E-state index contributed by atoms with van der Waals surface area (Å²) in [5, 5.41) is 1.98. The number of nitrogens with zero attached hydrogens (tertiary/aromatic N) is 1. The summed E-state index contributed by atoms with van der Waals surface area (Å²) in [6.07, 6.45) is 0. The van der Waals surface area contributed by atoms with E-state index in [4.69, 9.17) is 20.3 Å². The lowest BCUT2D eigenvalue weighted by molar-refractivity contribution is 0.00578.